The molecule has 0 aromatic heterocycles. The van der Waals surface area contributed by atoms with Gasteiger partial charge in [0.05, 0.1) is 13.7 Å². The maximum Gasteiger partial charge on any atom is 0.409 e. The maximum absolute atomic E-state index is 14.0. The quantitative estimate of drug-likeness (QED) is 0.660. The summed E-state index contributed by atoms with van der Waals surface area (Å²) in [4.78, 5) is 30.5. The summed E-state index contributed by atoms with van der Waals surface area (Å²) in [6, 6.07) is 0.420. The standard InChI is InChI=1S/C21H34FN3O4/c1-3-29-20(27)24-9-6-21(14-24)11-17(12-21)23-7-4-16(5-8-23)25-13-15(22)10-18(25)19(26)28-2/h15-18H,3-14H2,1-2H3/t15-,17?,18?,21?/m0/s1. The molecular weight excluding hydrogens is 377 g/mol. The zero-order valence-corrected chi connectivity index (χ0v) is 17.6. The van der Waals surface area contributed by atoms with Crippen molar-refractivity contribution in [1.82, 2.24) is 14.7 Å². The average molecular weight is 412 g/mol. The first-order chi connectivity index (χ1) is 13.9. The third-order valence-corrected chi connectivity index (χ3v) is 7.55. The molecule has 1 aliphatic carbocycles. The molecule has 1 spiro atoms. The summed E-state index contributed by atoms with van der Waals surface area (Å²) < 4.78 is 24.0. The molecule has 2 atom stereocenters. The summed E-state index contributed by atoms with van der Waals surface area (Å²) >= 11 is 0. The van der Waals surface area contributed by atoms with Crippen molar-refractivity contribution >= 4 is 12.1 Å². The van der Waals surface area contributed by atoms with Gasteiger partial charge in [0, 0.05) is 38.1 Å². The van der Waals surface area contributed by atoms with E-state index in [-0.39, 0.29) is 29.9 Å². The molecule has 4 fully saturated rings. The van der Waals surface area contributed by atoms with Crippen LogP contribution in [-0.4, -0.2) is 97.5 Å². The van der Waals surface area contributed by atoms with Crippen molar-refractivity contribution in [3.8, 4) is 0 Å². The van der Waals surface area contributed by atoms with Crippen LogP contribution in [0.4, 0.5) is 9.18 Å². The Morgan fingerprint density at radius 3 is 2.52 bits per heavy atom. The Hall–Kier alpha value is -1.41. The summed E-state index contributed by atoms with van der Waals surface area (Å²) in [6.07, 6.45) is 4.46. The Labute approximate surface area is 172 Å². The van der Waals surface area contributed by atoms with E-state index in [4.69, 9.17) is 9.47 Å². The fourth-order valence-electron chi connectivity index (χ4n) is 6.00. The number of methoxy groups -OCH3 is 1. The van der Waals surface area contributed by atoms with E-state index in [2.05, 4.69) is 4.90 Å². The lowest BCUT2D eigenvalue weighted by Gasteiger charge is -2.52. The van der Waals surface area contributed by atoms with Gasteiger partial charge in [-0.3, -0.25) is 9.69 Å². The first-order valence-electron chi connectivity index (χ1n) is 11.1. The number of halogens is 1. The van der Waals surface area contributed by atoms with Crippen LogP contribution in [0.2, 0.25) is 0 Å². The van der Waals surface area contributed by atoms with Crippen molar-refractivity contribution in [2.45, 2.75) is 69.7 Å². The molecule has 0 bridgehead atoms. The molecule has 0 aromatic rings. The van der Waals surface area contributed by atoms with Crippen molar-refractivity contribution in [1.29, 1.82) is 0 Å². The van der Waals surface area contributed by atoms with Crippen LogP contribution in [0.15, 0.2) is 0 Å². The average Bonchev–Trinajstić information content (AvgIpc) is 3.31. The van der Waals surface area contributed by atoms with E-state index in [9.17, 15) is 14.0 Å². The summed E-state index contributed by atoms with van der Waals surface area (Å²) in [7, 11) is 1.38. The van der Waals surface area contributed by atoms with E-state index in [1.165, 1.54) is 7.11 Å². The summed E-state index contributed by atoms with van der Waals surface area (Å²) in [5, 5.41) is 0. The number of likely N-dealkylation sites (tertiary alicyclic amines) is 3. The summed E-state index contributed by atoms with van der Waals surface area (Å²) in [6.45, 7) is 6.24. The van der Waals surface area contributed by atoms with E-state index >= 15 is 0 Å². The van der Waals surface area contributed by atoms with Gasteiger partial charge >= 0.3 is 12.1 Å². The minimum atomic E-state index is -0.937. The minimum Gasteiger partial charge on any atom is -0.468 e. The van der Waals surface area contributed by atoms with Crippen LogP contribution in [0.3, 0.4) is 0 Å². The molecule has 4 aliphatic rings. The van der Waals surface area contributed by atoms with Crippen LogP contribution in [-0.2, 0) is 14.3 Å². The Morgan fingerprint density at radius 1 is 1.14 bits per heavy atom. The van der Waals surface area contributed by atoms with Gasteiger partial charge in [0.15, 0.2) is 0 Å². The monoisotopic (exact) mass is 411 g/mol. The largest absolute Gasteiger partial charge is 0.468 e. The third kappa shape index (κ3) is 4.10. The molecule has 164 valence electrons. The van der Waals surface area contributed by atoms with Gasteiger partial charge < -0.3 is 19.3 Å². The molecular formula is C21H34FN3O4. The lowest BCUT2D eigenvalue weighted by molar-refractivity contribution is -0.147. The number of piperidine rings is 1. The topological polar surface area (TPSA) is 62.3 Å². The van der Waals surface area contributed by atoms with Crippen molar-refractivity contribution in [3.63, 3.8) is 0 Å². The number of ether oxygens (including phenoxy) is 2. The number of esters is 1. The molecule has 0 N–H and O–H groups in total. The minimum absolute atomic E-state index is 0.175. The van der Waals surface area contributed by atoms with E-state index in [0.29, 0.717) is 19.2 Å². The van der Waals surface area contributed by atoms with Gasteiger partial charge in [0.25, 0.3) is 0 Å². The highest BCUT2D eigenvalue weighted by molar-refractivity contribution is 5.76. The van der Waals surface area contributed by atoms with Crippen LogP contribution < -0.4 is 0 Å². The van der Waals surface area contributed by atoms with Crippen molar-refractivity contribution in [3.05, 3.63) is 0 Å². The highest BCUT2D eigenvalue weighted by Gasteiger charge is 2.52. The Bertz CT molecular complexity index is 619. The van der Waals surface area contributed by atoms with Crippen LogP contribution in [0.5, 0.6) is 0 Å². The van der Waals surface area contributed by atoms with Crippen LogP contribution in [0.25, 0.3) is 0 Å². The van der Waals surface area contributed by atoms with Crippen molar-refractivity contribution in [2.75, 3.05) is 46.4 Å². The first kappa shape index (κ1) is 20.8. The van der Waals surface area contributed by atoms with Gasteiger partial charge in [-0.15, -0.1) is 0 Å². The summed E-state index contributed by atoms with van der Waals surface area (Å²) in [5.74, 6) is -0.305. The molecule has 4 rings (SSSR count). The number of carbonyl (C=O) groups excluding carboxylic acids is 2. The lowest BCUT2D eigenvalue weighted by Crippen LogP contribution is -2.56. The Morgan fingerprint density at radius 2 is 1.86 bits per heavy atom. The number of carbonyl (C=O) groups is 2. The number of alkyl halides is 1. The van der Waals surface area contributed by atoms with E-state index in [0.717, 1.165) is 58.3 Å². The molecule has 8 heteroatoms. The van der Waals surface area contributed by atoms with Crippen molar-refractivity contribution < 1.29 is 23.5 Å². The molecule has 1 unspecified atom stereocenters. The zero-order chi connectivity index (χ0) is 20.6. The fourth-order valence-corrected chi connectivity index (χ4v) is 6.00. The lowest BCUT2D eigenvalue weighted by atomic mass is 9.64. The molecule has 7 nitrogen and oxygen atoms in total. The van der Waals surface area contributed by atoms with E-state index in [1.807, 2.05) is 16.7 Å². The van der Waals surface area contributed by atoms with Gasteiger partial charge in [-0.2, -0.15) is 0 Å². The van der Waals surface area contributed by atoms with Gasteiger partial charge in [0.1, 0.15) is 12.2 Å². The molecule has 0 radical (unpaired) electrons. The molecule has 3 heterocycles. The second-order valence-corrected chi connectivity index (χ2v) is 9.27. The predicted molar refractivity (Wildman–Crippen MR) is 105 cm³/mol. The van der Waals surface area contributed by atoms with Gasteiger partial charge in [-0.05, 0) is 57.5 Å². The highest BCUT2D eigenvalue weighted by Crippen LogP contribution is 2.50. The molecule has 3 saturated heterocycles. The van der Waals surface area contributed by atoms with Crippen molar-refractivity contribution in [2.24, 2.45) is 5.41 Å². The number of amides is 1. The maximum atomic E-state index is 14.0. The molecule has 3 aliphatic heterocycles. The van der Waals surface area contributed by atoms with Gasteiger partial charge in [0.2, 0.25) is 0 Å². The van der Waals surface area contributed by atoms with Crippen LogP contribution in [0, 0.1) is 5.41 Å². The smallest absolute Gasteiger partial charge is 0.409 e. The first-order valence-corrected chi connectivity index (χ1v) is 11.1. The predicted octanol–water partition coefficient (Wildman–Crippen LogP) is 2.05. The Balaban J connectivity index is 1.24. The van der Waals surface area contributed by atoms with Gasteiger partial charge in [-0.25, -0.2) is 9.18 Å². The number of rotatable bonds is 4. The number of hydrogen-bond donors (Lipinski definition) is 0. The normalized spacial score (nSPS) is 36.4. The summed E-state index contributed by atoms with van der Waals surface area (Å²) in [5.41, 5.74) is 0.278. The number of nitrogens with zero attached hydrogens (tertiary/aromatic N) is 3. The zero-order valence-electron chi connectivity index (χ0n) is 17.6. The Kier molecular flexibility index (Phi) is 6.02. The second kappa shape index (κ2) is 8.38. The molecule has 29 heavy (non-hydrogen) atoms. The molecule has 1 amide bonds. The van der Waals surface area contributed by atoms with Gasteiger partial charge in [-0.1, -0.05) is 0 Å². The van der Waals surface area contributed by atoms with E-state index < -0.39 is 12.2 Å². The van der Waals surface area contributed by atoms with Crippen LogP contribution in [0.1, 0.15) is 45.4 Å². The highest BCUT2D eigenvalue weighted by atomic mass is 19.1. The molecule has 1 saturated carbocycles. The van der Waals surface area contributed by atoms with E-state index in [1.54, 1.807) is 0 Å². The SMILES string of the molecule is CCOC(=O)N1CCC2(CC(N3CCC(N4C[C@@H](F)CC4C(=O)OC)CC3)C2)C1. The second-order valence-electron chi connectivity index (χ2n) is 9.27. The van der Waals surface area contributed by atoms with Crippen LogP contribution >= 0.6 is 0 Å². The third-order valence-electron chi connectivity index (χ3n) is 7.55. The fraction of sp³-hybridized carbons (Fsp3) is 0.905. The molecule has 0 aromatic carbocycles. The number of hydrogen-bond acceptors (Lipinski definition) is 6.